The number of hydrogen-bond acceptors (Lipinski definition) is 4. The molecule has 4 aromatic rings. The largest absolute Gasteiger partial charge is 0.497 e. The summed E-state index contributed by atoms with van der Waals surface area (Å²) in [4.78, 5) is 17.0. The Labute approximate surface area is 193 Å². The summed E-state index contributed by atoms with van der Waals surface area (Å²) in [6.45, 7) is 4.02. The molecule has 0 radical (unpaired) electrons. The quantitative estimate of drug-likeness (QED) is 0.218. The third kappa shape index (κ3) is 4.82. The van der Waals surface area contributed by atoms with E-state index in [9.17, 15) is 4.79 Å². The van der Waals surface area contributed by atoms with Crippen molar-refractivity contribution in [3.8, 4) is 5.75 Å². The molecule has 0 N–H and O–H groups in total. The Balaban J connectivity index is 1.60. The summed E-state index contributed by atoms with van der Waals surface area (Å²) >= 11 is 1.65. The van der Waals surface area contributed by atoms with Gasteiger partial charge >= 0.3 is 0 Å². The molecule has 160 valence electrons. The van der Waals surface area contributed by atoms with Gasteiger partial charge in [0.1, 0.15) is 5.75 Å². The van der Waals surface area contributed by atoms with Crippen molar-refractivity contribution in [1.29, 1.82) is 0 Å². The average molecular weight is 440 g/mol. The number of aryl methyl sites for hydroxylation is 2. The molecule has 0 aliphatic heterocycles. The molecular formula is C28H25NO2S. The molecule has 4 heteroatoms. The van der Waals surface area contributed by atoms with E-state index >= 15 is 0 Å². The summed E-state index contributed by atoms with van der Waals surface area (Å²) in [6.07, 6.45) is 3.53. The van der Waals surface area contributed by atoms with Crippen LogP contribution in [0, 0.1) is 13.8 Å². The molecule has 0 aliphatic carbocycles. The molecule has 1 heterocycles. The lowest BCUT2D eigenvalue weighted by Crippen LogP contribution is -2.09. The standard InChI is InChI=1S/C28H25NO2S/c1-20-19-27(21(2)32-20)28(30)18-11-22-9-12-24(13-10-22)29(23-7-5-4-6-8-23)25-14-16-26(31-3)17-15-25/h4-19H,1-3H3/b18-11+. The topological polar surface area (TPSA) is 29.5 Å². The first-order chi connectivity index (χ1) is 15.5. The number of para-hydroxylation sites is 1. The van der Waals surface area contributed by atoms with Crippen LogP contribution in [0.25, 0.3) is 6.08 Å². The zero-order valence-corrected chi connectivity index (χ0v) is 19.2. The predicted octanol–water partition coefficient (Wildman–Crippen LogP) is 7.74. The van der Waals surface area contributed by atoms with Gasteiger partial charge in [0.2, 0.25) is 0 Å². The van der Waals surface area contributed by atoms with E-state index in [1.54, 1.807) is 24.5 Å². The fourth-order valence-corrected chi connectivity index (χ4v) is 4.56. The van der Waals surface area contributed by atoms with Crippen molar-refractivity contribution in [3.05, 3.63) is 112 Å². The zero-order chi connectivity index (χ0) is 22.5. The number of thiophene rings is 1. The number of anilines is 3. The fourth-order valence-electron chi connectivity index (χ4n) is 3.63. The van der Waals surface area contributed by atoms with E-state index in [0.717, 1.165) is 43.7 Å². The Morgan fingerprint density at radius 3 is 2.00 bits per heavy atom. The molecule has 3 aromatic carbocycles. The summed E-state index contributed by atoms with van der Waals surface area (Å²) in [6, 6.07) is 28.4. The maximum Gasteiger partial charge on any atom is 0.186 e. The van der Waals surface area contributed by atoms with E-state index < -0.39 is 0 Å². The van der Waals surface area contributed by atoms with Gasteiger partial charge in [-0.05, 0) is 80.1 Å². The third-order valence-corrected chi connectivity index (χ3v) is 6.20. The van der Waals surface area contributed by atoms with Gasteiger partial charge in [0.15, 0.2) is 5.78 Å². The molecule has 0 fully saturated rings. The van der Waals surface area contributed by atoms with Gasteiger partial charge in [-0.1, -0.05) is 36.4 Å². The summed E-state index contributed by atoms with van der Waals surface area (Å²) in [5, 5.41) is 0. The second-order valence-corrected chi connectivity index (χ2v) is 8.95. The molecule has 3 nitrogen and oxygen atoms in total. The maximum absolute atomic E-state index is 12.6. The van der Waals surface area contributed by atoms with Crippen molar-refractivity contribution in [1.82, 2.24) is 0 Å². The van der Waals surface area contributed by atoms with Crippen LogP contribution >= 0.6 is 11.3 Å². The molecule has 1 aromatic heterocycles. The number of hydrogen-bond donors (Lipinski definition) is 0. The molecule has 0 unspecified atom stereocenters. The number of carbonyl (C=O) groups excluding carboxylic acids is 1. The summed E-state index contributed by atoms with van der Waals surface area (Å²) in [7, 11) is 1.67. The van der Waals surface area contributed by atoms with Crippen LogP contribution in [0.2, 0.25) is 0 Å². The van der Waals surface area contributed by atoms with E-state index in [4.69, 9.17) is 4.74 Å². The van der Waals surface area contributed by atoms with Crippen molar-refractivity contribution < 1.29 is 9.53 Å². The molecule has 0 aliphatic rings. The van der Waals surface area contributed by atoms with Crippen LogP contribution in [0.5, 0.6) is 5.75 Å². The maximum atomic E-state index is 12.6. The van der Waals surface area contributed by atoms with Gasteiger partial charge in [-0.2, -0.15) is 0 Å². The lowest BCUT2D eigenvalue weighted by Gasteiger charge is -2.25. The fraction of sp³-hybridized carbons (Fsp3) is 0.107. The Hall–Kier alpha value is -3.63. The van der Waals surface area contributed by atoms with Gasteiger partial charge in [-0.25, -0.2) is 0 Å². The lowest BCUT2D eigenvalue weighted by molar-refractivity contribution is 0.104. The van der Waals surface area contributed by atoms with Crippen molar-refractivity contribution in [3.63, 3.8) is 0 Å². The molecule has 0 bridgehead atoms. The van der Waals surface area contributed by atoms with E-state index in [1.807, 2.05) is 80.6 Å². The molecule has 0 saturated heterocycles. The van der Waals surface area contributed by atoms with Crippen LogP contribution in [0.4, 0.5) is 17.1 Å². The Kier molecular flexibility index (Phi) is 6.52. The van der Waals surface area contributed by atoms with Gasteiger partial charge in [-0.3, -0.25) is 4.79 Å². The van der Waals surface area contributed by atoms with E-state index in [-0.39, 0.29) is 5.78 Å². The highest BCUT2D eigenvalue weighted by Gasteiger charge is 2.12. The van der Waals surface area contributed by atoms with Crippen LogP contribution in [-0.2, 0) is 0 Å². The number of ketones is 1. The van der Waals surface area contributed by atoms with Gasteiger partial charge in [0.25, 0.3) is 0 Å². The highest BCUT2D eigenvalue weighted by Crippen LogP contribution is 2.35. The third-order valence-electron chi connectivity index (χ3n) is 5.23. The molecule has 4 rings (SSSR count). The van der Waals surface area contributed by atoms with Gasteiger partial charge < -0.3 is 9.64 Å². The normalized spacial score (nSPS) is 11.0. The minimum absolute atomic E-state index is 0.0417. The highest BCUT2D eigenvalue weighted by atomic mass is 32.1. The van der Waals surface area contributed by atoms with Crippen molar-refractivity contribution >= 4 is 40.3 Å². The molecule has 0 amide bonds. The highest BCUT2D eigenvalue weighted by molar-refractivity contribution is 7.12. The number of rotatable bonds is 7. The summed E-state index contributed by atoms with van der Waals surface area (Å²) in [5.74, 6) is 0.864. The SMILES string of the molecule is COc1ccc(N(c2ccccc2)c2ccc(/C=C/C(=O)c3cc(C)sc3C)cc2)cc1. The van der Waals surface area contributed by atoms with Crippen molar-refractivity contribution in [2.75, 3.05) is 12.0 Å². The van der Waals surface area contributed by atoms with Crippen LogP contribution < -0.4 is 9.64 Å². The first-order valence-electron chi connectivity index (χ1n) is 10.4. The molecule has 0 saturated carbocycles. The van der Waals surface area contributed by atoms with Crippen LogP contribution in [0.1, 0.15) is 25.7 Å². The van der Waals surface area contributed by atoms with Gasteiger partial charge in [0.05, 0.1) is 7.11 Å². The molecule has 32 heavy (non-hydrogen) atoms. The van der Waals surface area contributed by atoms with E-state index in [1.165, 1.54) is 0 Å². The predicted molar refractivity (Wildman–Crippen MR) is 135 cm³/mol. The average Bonchev–Trinajstić information content (AvgIpc) is 3.17. The van der Waals surface area contributed by atoms with Crippen LogP contribution in [0.15, 0.2) is 91.0 Å². The van der Waals surface area contributed by atoms with Crippen LogP contribution in [-0.4, -0.2) is 12.9 Å². The number of ether oxygens (including phenoxy) is 1. The second kappa shape index (κ2) is 9.67. The minimum Gasteiger partial charge on any atom is -0.497 e. The Morgan fingerprint density at radius 1 is 0.844 bits per heavy atom. The van der Waals surface area contributed by atoms with Gasteiger partial charge in [0, 0.05) is 32.4 Å². The number of benzene rings is 3. The smallest absolute Gasteiger partial charge is 0.186 e. The van der Waals surface area contributed by atoms with E-state index in [2.05, 4.69) is 29.2 Å². The van der Waals surface area contributed by atoms with Gasteiger partial charge in [-0.15, -0.1) is 11.3 Å². The minimum atomic E-state index is 0.0417. The lowest BCUT2D eigenvalue weighted by atomic mass is 10.1. The molecule has 0 atom stereocenters. The summed E-state index contributed by atoms with van der Waals surface area (Å²) < 4.78 is 5.31. The zero-order valence-electron chi connectivity index (χ0n) is 18.4. The van der Waals surface area contributed by atoms with E-state index in [0.29, 0.717) is 0 Å². The van der Waals surface area contributed by atoms with Crippen LogP contribution in [0.3, 0.4) is 0 Å². The Morgan fingerprint density at radius 2 is 1.44 bits per heavy atom. The molecular weight excluding hydrogens is 414 g/mol. The van der Waals surface area contributed by atoms with Crippen molar-refractivity contribution in [2.24, 2.45) is 0 Å². The number of nitrogens with zero attached hydrogens (tertiary/aromatic N) is 1. The first-order valence-corrected chi connectivity index (χ1v) is 11.3. The molecule has 0 spiro atoms. The second-order valence-electron chi connectivity index (χ2n) is 7.49. The number of methoxy groups -OCH3 is 1. The number of allylic oxidation sites excluding steroid dienone is 1. The summed E-state index contributed by atoms with van der Waals surface area (Å²) in [5.41, 5.74) is 4.91. The monoisotopic (exact) mass is 439 g/mol. The number of carbonyl (C=O) groups is 1. The van der Waals surface area contributed by atoms with Crippen molar-refractivity contribution in [2.45, 2.75) is 13.8 Å². The Bertz CT molecular complexity index is 1220. The first kappa shape index (κ1) is 21.6.